The predicted molar refractivity (Wildman–Crippen MR) is 63.9 cm³/mol. The van der Waals surface area contributed by atoms with Crippen LogP contribution in [0.2, 0.25) is 0 Å². The summed E-state index contributed by atoms with van der Waals surface area (Å²) in [5, 5.41) is 19.6. The summed E-state index contributed by atoms with van der Waals surface area (Å²) in [5.41, 5.74) is 11.2. The molecule has 0 aliphatic carbocycles. The van der Waals surface area contributed by atoms with Crippen molar-refractivity contribution < 1.29 is 15.0 Å². The monoisotopic (exact) mass is 239 g/mol. The van der Waals surface area contributed by atoms with E-state index >= 15 is 0 Å². The highest BCUT2D eigenvalue weighted by Crippen LogP contribution is 2.23. The van der Waals surface area contributed by atoms with E-state index < -0.39 is 6.09 Å². The Labute approximate surface area is 99.2 Å². The first kappa shape index (κ1) is 13.3. The largest absolute Gasteiger partial charge is 0.508 e. The van der Waals surface area contributed by atoms with E-state index in [2.05, 4.69) is 11.1 Å². The molecule has 1 aromatic rings. The van der Waals surface area contributed by atoms with Gasteiger partial charge >= 0.3 is 6.09 Å². The molecular formula is C11H17N3O3. The standard InChI is InChI=1S/C10H14N2O.CH3NO2/c11-10-6-12-5-9(10)7-1-3-8(13)4-2-7;2-1(3)4/h1-4,9-10,12-13H,5-6,11H2;2H2,(H,3,4). The summed E-state index contributed by atoms with van der Waals surface area (Å²) in [6.45, 7) is 1.82. The van der Waals surface area contributed by atoms with Crippen LogP contribution in [0.25, 0.3) is 0 Å². The first-order valence-corrected chi connectivity index (χ1v) is 5.24. The summed E-state index contributed by atoms with van der Waals surface area (Å²) in [5.74, 6) is 0.698. The Bertz CT molecular complexity index is 363. The maximum absolute atomic E-state index is 9.12. The topological polar surface area (TPSA) is 122 Å². The molecule has 1 aromatic carbocycles. The van der Waals surface area contributed by atoms with E-state index in [1.165, 1.54) is 5.56 Å². The van der Waals surface area contributed by atoms with Gasteiger partial charge in [0, 0.05) is 25.0 Å². The summed E-state index contributed by atoms with van der Waals surface area (Å²) in [6.07, 6.45) is -1.33. The fourth-order valence-electron chi connectivity index (χ4n) is 1.79. The van der Waals surface area contributed by atoms with Gasteiger partial charge in [0.2, 0.25) is 0 Å². The van der Waals surface area contributed by atoms with Crippen molar-refractivity contribution in [2.45, 2.75) is 12.0 Å². The molecule has 0 aromatic heterocycles. The van der Waals surface area contributed by atoms with Crippen molar-refractivity contribution in [1.82, 2.24) is 5.32 Å². The highest BCUT2D eigenvalue weighted by molar-refractivity contribution is 5.61. The van der Waals surface area contributed by atoms with Crippen molar-refractivity contribution in [3.05, 3.63) is 29.8 Å². The highest BCUT2D eigenvalue weighted by Gasteiger charge is 2.24. The molecule has 0 bridgehead atoms. The van der Waals surface area contributed by atoms with E-state index in [1.807, 2.05) is 12.1 Å². The van der Waals surface area contributed by atoms with Crippen LogP contribution in [0.1, 0.15) is 11.5 Å². The van der Waals surface area contributed by atoms with Gasteiger partial charge in [-0.15, -0.1) is 0 Å². The molecule has 1 aliphatic rings. The number of hydrogen-bond donors (Lipinski definition) is 5. The van der Waals surface area contributed by atoms with Crippen LogP contribution in [-0.2, 0) is 0 Å². The van der Waals surface area contributed by atoms with Gasteiger partial charge in [0.05, 0.1) is 0 Å². The first-order chi connectivity index (χ1) is 8.00. The number of phenolic OH excluding ortho intramolecular Hbond substituents is 1. The minimum atomic E-state index is -1.33. The lowest BCUT2D eigenvalue weighted by molar-refractivity contribution is 0.205. The van der Waals surface area contributed by atoms with Crippen molar-refractivity contribution in [2.75, 3.05) is 13.1 Å². The minimum absolute atomic E-state index is 0.199. The van der Waals surface area contributed by atoms with Crippen molar-refractivity contribution in [3.63, 3.8) is 0 Å². The number of benzene rings is 1. The van der Waals surface area contributed by atoms with Crippen LogP contribution in [-0.4, -0.2) is 35.4 Å². The van der Waals surface area contributed by atoms with Gasteiger partial charge in [0.25, 0.3) is 0 Å². The number of carboxylic acid groups (broad SMARTS) is 1. The lowest BCUT2D eigenvalue weighted by Crippen LogP contribution is -2.27. The van der Waals surface area contributed by atoms with Gasteiger partial charge in [-0.2, -0.15) is 0 Å². The fourth-order valence-corrected chi connectivity index (χ4v) is 1.79. The lowest BCUT2D eigenvalue weighted by Gasteiger charge is -2.14. The third-order valence-electron chi connectivity index (χ3n) is 2.58. The Balaban J connectivity index is 0.000000317. The molecule has 1 saturated heterocycles. The molecule has 2 atom stereocenters. The Morgan fingerprint density at radius 3 is 2.24 bits per heavy atom. The van der Waals surface area contributed by atoms with E-state index in [0.29, 0.717) is 11.7 Å². The van der Waals surface area contributed by atoms with Crippen LogP contribution < -0.4 is 16.8 Å². The number of hydrogen-bond acceptors (Lipinski definition) is 4. The minimum Gasteiger partial charge on any atom is -0.508 e. The number of phenols is 1. The van der Waals surface area contributed by atoms with Crippen LogP contribution >= 0.6 is 0 Å². The number of carbonyl (C=O) groups is 1. The van der Waals surface area contributed by atoms with Gasteiger partial charge < -0.3 is 27.0 Å². The van der Waals surface area contributed by atoms with Crippen LogP contribution in [0, 0.1) is 0 Å². The Morgan fingerprint density at radius 2 is 1.82 bits per heavy atom. The second-order valence-corrected chi connectivity index (χ2v) is 3.86. The highest BCUT2D eigenvalue weighted by atomic mass is 16.4. The fraction of sp³-hybridized carbons (Fsp3) is 0.364. The molecule has 1 fully saturated rings. The molecule has 0 saturated carbocycles. The average Bonchev–Trinajstić information content (AvgIpc) is 2.65. The molecule has 2 rings (SSSR count). The van der Waals surface area contributed by atoms with E-state index in [0.717, 1.165) is 13.1 Å². The number of aromatic hydroxyl groups is 1. The number of rotatable bonds is 1. The van der Waals surface area contributed by atoms with Gasteiger partial charge in [0.1, 0.15) is 5.75 Å². The molecule has 0 spiro atoms. The molecule has 1 aliphatic heterocycles. The molecule has 7 N–H and O–H groups in total. The smallest absolute Gasteiger partial charge is 0.402 e. The van der Waals surface area contributed by atoms with E-state index in [9.17, 15) is 0 Å². The van der Waals surface area contributed by atoms with Crippen molar-refractivity contribution in [1.29, 1.82) is 0 Å². The number of primary amides is 1. The van der Waals surface area contributed by atoms with Gasteiger partial charge in [-0.3, -0.25) is 0 Å². The Hall–Kier alpha value is -1.79. The third kappa shape index (κ3) is 4.29. The molecule has 0 radical (unpaired) electrons. The number of amides is 1. The summed E-state index contributed by atoms with van der Waals surface area (Å²) in [6, 6.07) is 7.49. The second-order valence-electron chi connectivity index (χ2n) is 3.86. The second kappa shape index (κ2) is 6.07. The Morgan fingerprint density at radius 1 is 1.29 bits per heavy atom. The maximum atomic E-state index is 9.12. The van der Waals surface area contributed by atoms with E-state index in [1.54, 1.807) is 12.1 Å². The van der Waals surface area contributed by atoms with Crippen molar-refractivity contribution >= 4 is 6.09 Å². The van der Waals surface area contributed by atoms with Crippen molar-refractivity contribution in [3.8, 4) is 5.75 Å². The molecule has 17 heavy (non-hydrogen) atoms. The van der Waals surface area contributed by atoms with Crippen LogP contribution in [0.4, 0.5) is 4.79 Å². The maximum Gasteiger partial charge on any atom is 0.402 e. The molecule has 6 nitrogen and oxygen atoms in total. The first-order valence-electron chi connectivity index (χ1n) is 5.24. The normalized spacial score (nSPS) is 22.6. The molecule has 6 heteroatoms. The van der Waals surface area contributed by atoms with Crippen LogP contribution in [0.3, 0.4) is 0 Å². The zero-order valence-corrected chi connectivity index (χ0v) is 9.34. The summed E-state index contributed by atoms with van der Waals surface area (Å²) < 4.78 is 0. The zero-order chi connectivity index (χ0) is 12.8. The van der Waals surface area contributed by atoms with Crippen LogP contribution in [0.5, 0.6) is 5.75 Å². The van der Waals surface area contributed by atoms with Gasteiger partial charge in [-0.05, 0) is 17.7 Å². The molecular weight excluding hydrogens is 222 g/mol. The molecule has 1 amide bonds. The summed E-state index contributed by atoms with van der Waals surface area (Å²) in [7, 11) is 0. The molecule has 94 valence electrons. The molecule has 2 unspecified atom stereocenters. The number of nitrogens with two attached hydrogens (primary N) is 2. The van der Waals surface area contributed by atoms with Crippen molar-refractivity contribution in [2.24, 2.45) is 11.5 Å². The van der Waals surface area contributed by atoms with Gasteiger partial charge in [0.15, 0.2) is 0 Å². The summed E-state index contributed by atoms with van der Waals surface area (Å²) in [4.78, 5) is 8.78. The SMILES string of the molecule is NC(=O)O.NC1CNCC1c1ccc(O)cc1. The van der Waals surface area contributed by atoms with Gasteiger partial charge in [-0.1, -0.05) is 12.1 Å². The van der Waals surface area contributed by atoms with E-state index in [4.69, 9.17) is 20.7 Å². The summed E-state index contributed by atoms with van der Waals surface area (Å²) >= 11 is 0. The quantitative estimate of drug-likeness (QED) is 0.473. The average molecular weight is 239 g/mol. The number of nitrogens with one attached hydrogen (secondary N) is 1. The zero-order valence-electron chi connectivity index (χ0n) is 9.34. The van der Waals surface area contributed by atoms with Gasteiger partial charge in [-0.25, -0.2) is 4.79 Å². The lowest BCUT2D eigenvalue weighted by atomic mass is 9.95. The molecule has 1 heterocycles. The predicted octanol–water partition coefficient (Wildman–Crippen LogP) is 0.0294. The Kier molecular flexibility index (Phi) is 4.74. The van der Waals surface area contributed by atoms with Crippen LogP contribution in [0.15, 0.2) is 24.3 Å². The van der Waals surface area contributed by atoms with E-state index in [-0.39, 0.29) is 6.04 Å². The third-order valence-corrected chi connectivity index (χ3v) is 2.58.